The van der Waals surface area contributed by atoms with Gasteiger partial charge >= 0.3 is 0 Å². The van der Waals surface area contributed by atoms with Gasteiger partial charge < -0.3 is 9.59 Å². The van der Waals surface area contributed by atoms with Crippen molar-refractivity contribution < 1.29 is 19.2 Å². The Morgan fingerprint density at radius 3 is 2.27 bits per heavy atom. The first-order chi connectivity index (χ1) is 7.08. The number of aldehydes is 2. The number of ketones is 2. The van der Waals surface area contributed by atoms with Gasteiger partial charge in [-0.2, -0.15) is 0 Å². The van der Waals surface area contributed by atoms with E-state index in [9.17, 15) is 19.2 Å². The van der Waals surface area contributed by atoms with Gasteiger partial charge in [-0.1, -0.05) is 13.8 Å². The van der Waals surface area contributed by atoms with Crippen LogP contribution in [0.15, 0.2) is 0 Å². The van der Waals surface area contributed by atoms with Crippen molar-refractivity contribution in [1.82, 2.24) is 0 Å². The van der Waals surface area contributed by atoms with Crippen LogP contribution in [-0.2, 0) is 19.2 Å². The van der Waals surface area contributed by atoms with Crippen molar-refractivity contribution in [2.75, 3.05) is 0 Å². The number of carbonyl (C=O) groups excluding carboxylic acids is 4. The molecule has 4 nitrogen and oxygen atoms in total. The molecule has 0 aliphatic heterocycles. The van der Waals surface area contributed by atoms with Crippen LogP contribution >= 0.6 is 0 Å². The summed E-state index contributed by atoms with van der Waals surface area (Å²) in [6, 6.07) is 0. The lowest BCUT2D eigenvalue weighted by Crippen LogP contribution is -2.29. The lowest BCUT2D eigenvalue weighted by molar-refractivity contribution is -0.140. The molecule has 4 heteroatoms. The minimum Gasteiger partial charge on any atom is -0.303 e. The Morgan fingerprint density at radius 1 is 1.27 bits per heavy atom. The van der Waals surface area contributed by atoms with Gasteiger partial charge in [-0.3, -0.25) is 9.59 Å². The molecule has 0 saturated heterocycles. The lowest BCUT2D eigenvalue weighted by Gasteiger charge is -2.15. The summed E-state index contributed by atoms with van der Waals surface area (Å²) in [5.74, 6) is -2.06. The molecule has 0 radical (unpaired) electrons. The highest BCUT2D eigenvalue weighted by Crippen LogP contribution is 2.16. The zero-order chi connectivity index (χ0) is 11.8. The third-order valence-electron chi connectivity index (χ3n) is 2.39. The van der Waals surface area contributed by atoms with Gasteiger partial charge in [0.05, 0.1) is 0 Å². The van der Waals surface area contributed by atoms with Crippen molar-refractivity contribution in [3.05, 3.63) is 0 Å². The number of hydrogen-bond acceptors (Lipinski definition) is 4. The van der Waals surface area contributed by atoms with Crippen LogP contribution in [0.3, 0.4) is 0 Å². The monoisotopic (exact) mass is 212 g/mol. The molecule has 0 aromatic heterocycles. The van der Waals surface area contributed by atoms with Crippen molar-refractivity contribution in [1.29, 1.82) is 0 Å². The van der Waals surface area contributed by atoms with Gasteiger partial charge in [-0.15, -0.1) is 0 Å². The number of Topliss-reactive ketones (excluding diaryl/α,β-unsaturated/α-hetero) is 2. The van der Waals surface area contributed by atoms with Crippen LogP contribution in [0.2, 0.25) is 0 Å². The molecule has 0 spiro atoms. The molecule has 84 valence electrons. The third-order valence-corrected chi connectivity index (χ3v) is 2.39. The Labute approximate surface area is 89.0 Å². The van der Waals surface area contributed by atoms with Crippen LogP contribution in [0, 0.1) is 11.8 Å². The Hall–Kier alpha value is -1.32. The van der Waals surface area contributed by atoms with Crippen LogP contribution in [0.4, 0.5) is 0 Å². The molecular weight excluding hydrogens is 196 g/mol. The maximum Gasteiger partial charge on any atom is 0.202 e. The first-order valence-electron chi connectivity index (χ1n) is 5.04. The van der Waals surface area contributed by atoms with E-state index in [0.717, 1.165) is 0 Å². The number of rotatable bonds is 8. The quantitative estimate of drug-likeness (QED) is 0.444. The Kier molecular flexibility index (Phi) is 6.42. The van der Waals surface area contributed by atoms with Crippen molar-refractivity contribution in [2.24, 2.45) is 11.8 Å². The minimum atomic E-state index is -0.553. The van der Waals surface area contributed by atoms with Crippen LogP contribution in [-0.4, -0.2) is 24.1 Å². The van der Waals surface area contributed by atoms with Crippen LogP contribution < -0.4 is 0 Å². The Morgan fingerprint density at radius 2 is 1.87 bits per heavy atom. The van der Waals surface area contributed by atoms with Gasteiger partial charge in [0.1, 0.15) is 12.6 Å². The molecule has 0 aliphatic carbocycles. The highest BCUT2D eigenvalue weighted by Gasteiger charge is 2.27. The smallest absolute Gasteiger partial charge is 0.202 e. The summed E-state index contributed by atoms with van der Waals surface area (Å²) in [5, 5.41) is 0. The predicted octanol–water partition coefficient (Wildman–Crippen LogP) is 0.965. The highest BCUT2D eigenvalue weighted by molar-refractivity contribution is 6.38. The molecule has 0 rings (SSSR count). The zero-order valence-corrected chi connectivity index (χ0v) is 9.06. The molecular formula is C11H16O4. The van der Waals surface area contributed by atoms with Gasteiger partial charge in [-0.25, -0.2) is 0 Å². The first-order valence-corrected chi connectivity index (χ1v) is 5.04. The second kappa shape index (κ2) is 7.04. The Bertz CT molecular complexity index is 257. The lowest BCUT2D eigenvalue weighted by atomic mass is 9.86. The summed E-state index contributed by atoms with van der Waals surface area (Å²) in [5.41, 5.74) is 0. The normalized spacial score (nSPS) is 14.0. The summed E-state index contributed by atoms with van der Waals surface area (Å²) in [4.78, 5) is 43.4. The molecule has 0 heterocycles. The SMILES string of the molecule is CCC(C(=O)C(=O)CCC=O)C(C)C=O. The van der Waals surface area contributed by atoms with E-state index in [2.05, 4.69) is 0 Å². The fraction of sp³-hybridized carbons (Fsp3) is 0.636. The summed E-state index contributed by atoms with van der Waals surface area (Å²) in [7, 11) is 0. The summed E-state index contributed by atoms with van der Waals surface area (Å²) >= 11 is 0. The van der Waals surface area contributed by atoms with E-state index in [1.807, 2.05) is 0 Å². The van der Waals surface area contributed by atoms with Crippen molar-refractivity contribution >= 4 is 24.1 Å². The van der Waals surface area contributed by atoms with Gasteiger partial charge in [0.2, 0.25) is 5.78 Å². The van der Waals surface area contributed by atoms with Gasteiger partial charge in [0.15, 0.2) is 5.78 Å². The van der Waals surface area contributed by atoms with E-state index in [1.165, 1.54) is 0 Å². The van der Waals surface area contributed by atoms with Crippen molar-refractivity contribution in [2.45, 2.75) is 33.1 Å². The van der Waals surface area contributed by atoms with E-state index < -0.39 is 23.4 Å². The third kappa shape index (κ3) is 4.14. The molecule has 0 aliphatic rings. The molecule has 0 fully saturated rings. The van der Waals surface area contributed by atoms with E-state index in [4.69, 9.17) is 0 Å². The fourth-order valence-corrected chi connectivity index (χ4v) is 1.41. The molecule has 0 aromatic carbocycles. The molecule has 15 heavy (non-hydrogen) atoms. The topological polar surface area (TPSA) is 68.3 Å². The van der Waals surface area contributed by atoms with Crippen LogP contribution in [0.25, 0.3) is 0 Å². The molecule has 0 amide bonds. The van der Waals surface area contributed by atoms with E-state index >= 15 is 0 Å². The maximum absolute atomic E-state index is 11.6. The molecule has 0 aromatic rings. The number of carbonyl (C=O) groups is 4. The van der Waals surface area contributed by atoms with Crippen LogP contribution in [0.1, 0.15) is 33.1 Å². The average Bonchev–Trinajstić information content (AvgIpc) is 2.26. The fourth-order valence-electron chi connectivity index (χ4n) is 1.41. The molecule has 0 N–H and O–H groups in total. The molecule has 2 atom stereocenters. The zero-order valence-electron chi connectivity index (χ0n) is 9.06. The summed E-state index contributed by atoms with van der Waals surface area (Å²) in [6.45, 7) is 3.38. The summed E-state index contributed by atoms with van der Waals surface area (Å²) in [6.07, 6.45) is 1.76. The second-order valence-electron chi connectivity index (χ2n) is 3.50. The second-order valence-corrected chi connectivity index (χ2v) is 3.50. The number of hydrogen-bond donors (Lipinski definition) is 0. The highest BCUT2D eigenvalue weighted by atomic mass is 16.2. The maximum atomic E-state index is 11.6. The predicted molar refractivity (Wildman–Crippen MR) is 54.3 cm³/mol. The van der Waals surface area contributed by atoms with Crippen molar-refractivity contribution in [3.8, 4) is 0 Å². The standard InChI is InChI=1S/C11H16O4/c1-3-9(8(2)7-13)11(15)10(14)5-4-6-12/h6-9H,3-5H2,1-2H3. The van der Waals surface area contributed by atoms with E-state index in [-0.39, 0.29) is 12.8 Å². The van der Waals surface area contributed by atoms with Gasteiger partial charge in [0.25, 0.3) is 0 Å². The first kappa shape index (κ1) is 13.7. The van der Waals surface area contributed by atoms with E-state index in [1.54, 1.807) is 13.8 Å². The molecule has 0 saturated carbocycles. The molecule has 0 bridgehead atoms. The average molecular weight is 212 g/mol. The Balaban J connectivity index is 4.43. The van der Waals surface area contributed by atoms with Gasteiger partial charge in [0, 0.05) is 24.7 Å². The summed E-state index contributed by atoms with van der Waals surface area (Å²) < 4.78 is 0. The van der Waals surface area contributed by atoms with Crippen LogP contribution in [0.5, 0.6) is 0 Å². The van der Waals surface area contributed by atoms with E-state index in [0.29, 0.717) is 19.0 Å². The largest absolute Gasteiger partial charge is 0.303 e. The van der Waals surface area contributed by atoms with Crippen molar-refractivity contribution in [3.63, 3.8) is 0 Å². The minimum absolute atomic E-state index is 0.0512. The van der Waals surface area contributed by atoms with Gasteiger partial charge in [-0.05, 0) is 6.42 Å². The molecule has 2 unspecified atom stereocenters.